The van der Waals surface area contributed by atoms with Crippen molar-refractivity contribution in [2.45, 2.75) is 12.8 Å². The number of hydrogen-bond donors (Lipinski definition) is 0. The number of piperidine rings is 1. The SMILES string of the molecule is CN(CCOc1cccc(Cl)c1)C(=O)C1CCCN(C(=O)c2ccoc2)C1. The number of likely N-dealkylation sites (N-methyl/N-ethyl adjacent to an activating group) is 1. The van der Waals surface area contributed by atoms with Gasteiger partial charge in [0.05, 0.1) is 24.3 Å². The Morgan fingerprint density at radius 1 is 1.37 bits per heavy atom. The van der Waals surface area contributed by atoms with Crippen LogP contribution in [-0.4, -0.2) is 54.9 Å². The van der Waals surface area contributed by atoms with Crippen LogP contribution in [0.5, 0.6) is 5.75 Å². The summed E-state index contributed by atoms with van der Waals surface area (Å²) in [5.74, 6) is 0.436. The highest BCUT2D eigenvalue weighted by atomic mass is 35.5. The van der Waals surface area contributed by atoms with Crippen molar-refractivity contribution in [2.24, 2.45) is 5.92 Å². The van der Waals surface area contributed by atoms with E-state index in [0.717, 1.165) is 12.8 Å². The van der Waals surface area contributed by atoms with Crippen LogP contribution < -0.4 is 4.74 Å². The number of benzene rings is 1. The van der Waals surface area contributed by atoms with Crippen LogP contribution in [0, 0.1) is 5.92 Å². The predicted molar refractivity (Wildman–Crippen MR) is 102 cm³/mol. The second-order valence-corrected chi connectivity index (χ2v) is 7.10. The number of furan rings is 1. The fourth-order valence-electron chi connectivity index (χ4n) is 3.21. The normalized spacial score (nSPS) is 16.8. The Hall–Kier alpha value is -2.47. The lowest BCUT2D eigenvalue weighted by Crippen LogP contribution is -2.46. The molecular weight excluding hydrogens is 368 g/mol. The summed E-state index contributed by atoms with van der Waals surface area (Å²) in [6.45, 7) is 1.95. The van der Waals surface area contributed by atoms with E-state index in [-0.39, 0.29) is 17.7 Å². The molecular formula is C20H23ClN2O4. The molecule has 144 valence electrons. The van der Waals surface area contributed by atoms with E-state index in [1.807, 2.05) is 12.1 Å². The molecule has 1 aliphatic heterocycles. The van der Waals surface area contributed by atoms with Crippen LogP contribution in [-0.2, 0) is 4.79 Å². The van der Waals surface area contributed by atoms with Crippen molar-refractivity contribution < 1.29 is 18.7 Å². The first-order chi connectivity index (χ1) is 13.0. The highest BCUT2D eigenvalue weighted by Gasteiger charge is 2.30. The van der Waals surface area contributed by atoms with Crippen molar-refractivity contribution in [3.05, 3.63) is 53.4 Å². The molecule has 0 aliphatic carbocycles. The van der Waals surface area contributed by atoms with Gasteiger partial charge in [-0.1, -0.05) is 17.7 Å². The summed E-state index contributed by atoms with van der Waals surface area (Å²) >= 11 is 5.93. The number of likely N-dealkylation sites (tertiary alicyclic amines) is 1. The fourth-order valence-corrected chi connectivity index (χ4v) is 3.39. The zero-order valence-corrected chi connectivity index (χ0v) is 16.0. The van der Waals surface area contributed by atoms with Gasteiger partial charge in [0, 0.05) is 25.2 Å². The van der Waals surface area contributed by atoms with Gasteiger partial charge in [0.25, 0.3) is 5.91 Å². The summed E-state index contributed by atoms with van der Waals surface area (Å²) in [6.07, 6.45) is 4.51. The van der Waals surface area contributed by atoms with E-state index in [2.05, 4.69) is 0 Å². The van der Waals surface area contributed by atoms with Crippen LogP contribution in [0.2, 0.25) is 5.02 Å². The minimum Gasteiger partial charge on any atom is -0.492 e. The van der Waals surface area contributed by atoms with Gasteiger partial charge in [0.15, 0.2) is 0 Å². The van der Waals surface area contributed by atoms with E-state index in [4.69, 9.17) is 20.8 Å². The van der Waals surface area contributed by atoms with Crippen LogP contribution in [0.4, 0.5) is 0 Å². The minimum atomic E-state index is -0.189. The van der Waals surface area contributed by atoms with Crippen molar-refractivity contribution >= 4 is 23.4 Å². The maximum atomic E-state index is 12.7. The monoisotopic (exact) mass is 390 g/mol. The molecule has 0 N–H and O–H groups in total. The van der Waals surface area contributed by atoms with E-state index in [0.29, 0.717) is 42.6 Å². The van der Waals surface area contributed by atoms with Crippen molar-refractivity contribution in [2.75, 3.05) is 33.3 Å². The van der Waals surface area contributed by atoms with E-state index < -0.39 is 0 Å². The third-order valence-electron chi connectivity index (χ3n) is 4.69. The average molecular weight is 391 g/mol. The third-order valence-corrected chi connectivity index (χ3v) is 4.93. The summed E-state index contributed by atoms with van der Waals surface area (Å²) in [6, 6.07) is 8.81. The minimum absolute atomic E-state index is 0.0365. The van der Waals surface area contributed by atoms with Crippen LogP contribution in [0.3, 0.4) is 0 Å². The molecule has 1 aromatic heterocycles. The molecule has 0 saturated carbocycles. The van der Waals surface area contributed by atoms with E-state index in [1.54, 1.807) is 35.0 Å². The van der Waals surface area contributed by atoms with Crippen LogP contribution >= 0.6 is 11.6 Å². The molecule has 1 fully saturated rings. The van der Waals surface area contributed by atoms with Gasteiger partial charge in [0.1, 0.15) is 18.6 Å². The summed E-state index contributed by atoms with van der Waals surface area (Å²) < 4.78 is 10.6. The Morgan fingerprint density at radius 2 is 2.22 bits per heavy atom. The first-order valence-electron chi connectivity index (χ1n) is 8.99. The van der Waals surface area contributed by atoms with Gasteiger partial charge in [-0.05, 0) is 37.1 Å². The first-order valence-corrected chi connectivity index (χ1v) is 9.37. The van der Waals surface area contributed by atoms with Crippen molar-refractivity contribution in [3.8, 4) is 5.75 Å². The molecule has 1 atom stereocenters. The van der Waals surface area contributed by atoms with E-state index in [9.17, 15) is 9.59 Å². The van der Waals surface area contributed by atoms with Crippen LogP contribution in [0.15, 0.2) is 47.3 Å². The molecule has 1 aliphatic rings. The molecule has 2 amide bonds. The average Bonchev–Trinajstić information content (AvgIpc) is 3.21. The largest absolute Gasteiger partial charge is 0.492 e. The Bertz CT molecular complexity index is 778. The lowest BCUT2D eigenvalue weighted by atomic mass is 9.96. The van der Waals surface area contributed by atoms with Gasteiger partial charge in [0.2, 0.25) is 5.91 Å². The number of halogens is 1. The molecule has 0 bridgehead atoms. The Kier molecular flexibility index (Phi) is 6.40. The molecule has 3 rings (SSSR count). The number of carbonyl (C=O) groups is 2. The lowest BCUT2D eigenvalue weighted by Gasteiger charge is -2.33. The number of amides is 2. The number of rotatable bonds is 6. The summed E-state index contributed by atoms with van der Waals surface area (Å²) in [4.78, 5) is 28.6. The molecule has 0 spiro atoms. The van der Waals surface area contributed by atoms with Crippen molar-refractivity contribution in [1.29, 1.82) is 0 Å². The van der Waals surface area contributed by atoms with Crippen molar-refractivity contribution in [1.82, 2.24) is 9.80 Å². The van der Waals surface area contributed by atoms with Gasteiger partial charge in [-0.3, -0.25) is 9.59 Å². The number of ether oxygens (including phenoxy) is 1. The summed E-state index contributed by atoms with van der Waals surface area (Å²) in [5, 5.41) is 0.613. The van der Waals surface area contributed by atoms with E-state index in [1.165, 1.54) is 12.5 Å². The molecule has 0 radical (unpaired) electrons. The molecule has 2 heterocycles. The summed E-state index contributed by atoms with van der Waals surface area (Å²) in [7, 11) is 1.76. The molecule has 2 aromatic rings. The number of nitrogens with zero attached hydrogens (tertiary/aromatic N) is 2. The molecule has 1 saturated heterocycles. The van der Waals surface area contributed by atoms with Gasteiger partial charge in [-0.15, -0.1) is 0 Å². The molecule has 6 nitrogen and oxygen atoms in total. The second-order valence-electron chi connectivity index (χ2n) is 6.67. The predicted octanol–water partition coefficient (Wildman–Crippen LogP) is 3.32. The number of hydrogen-bond acceptors (Lipinski definition) is 4. The summed E-state index contributed by atoms with van der Waals surface area (Å²) in [5.41, 5.74) is 0.520. The highest BCUT2D eigenvalue weighted by Crippen LogP contribution is 2.21. The van der Waals surface area contributed by atoms with Gasteiger partial charge in [-0.2, -0.15) is 0 Å². The fraction of sp³-hybridized carbons (Fsp3) is 0.400. The first kappa shape index (κ1) is 19.3. The molecule has 1 aromatic carbocycles. The highest BCUT2D eigenvalue weighted by molar-refractivity contribution is 6.30. The third kappa shape index (κ3) is 5.04. The smallest absolute Gasteiger partial charge is 0.257 e. The Labute approximate surface area is 163 Å². The standard InChI is InChI=1S/C20H23ClN2O4/c1-22(9-11-27-18-6-2-5-17(21)12-18)19(24)15-4-3-8-23(13-15)20(25)16-7-10-26-14-16/h2,5-7,10,12,14-15H,3-4,8-9,11,13H2,1H3. The van der Waals surface area contributed by atoms with Crippen LogP contribution in [0.1, 0.15) is 23.2 Å². The Morgan fingerprint density at radius 3 is 2.96 bits per heavy atom. The van der Waals surface area contributed by atoms with Gasteiger partial charge >= 0.3 is 0 Å². The van der Waals surface area contributed by atoms with E-state index >= 15 is 0 Å². The topological polar surface area (TPSA) is 63.0 Å². The van der Waals surface area contributed by atoms with Gasteiger partial charge < -0.3 is 19.0 Å². The molecule has 1 unspecified atom stereocenters. The zero-order valence-electron chi connectivity index (χ0n) is 15.3. The number of carbonyl (C=O) groups excluding carboxylic acids is 2. The Balaban J connectivity index is 1.49. The quantitative estimate of drug-likeness (QED) is 0.759. The molecule has 27 heavy (non-hydrogen) atoms. The van der Waals surface area contributed by atoms with Crippen molar-refractivity contribution in [3.63, 3.8) is 0 Å². The van der Waals surface area contributed by atoms with Crippen LogP contribution in [0.25, 0.3) is 0 Å². The lowest BCUT2D eigenvalue weighted by molar-refractivity contribution is -0.135. The maximum absolute atomic E-state index is 12.7. The maximum Gasteiger partial charge on any atom is 0.257 e. The second kappa shape index (κ2) is 8.95. The molecule has 7 heteroatoms. The zero-order chi connectivity index (χ0) is 19.2. The van der Waals surface area contributed by atoms with Gasteiger partial charge in [-0.25, -0.2) is 0 Å².